The van der Waals surface area contributed by atoms with Crippen molar-refractivity contribution in [1.82, 2.24) is 20.5 Å². The minimum Gasteiger partial charge on any atom is -0.356 e. The Labute approximate surface area is 164 Å². The summed E-state index contributed by atoms with van der Waals surface area (Å²) in [5, 5.41) is 6.77. The number of nitrogens with one attached hydrogen (secondary N) is 2. The van der Waals surface area contributed by atoms with Gasteiger partial charge in [-0.15, -0.1) is 24.0 Å². The van der Waals surface area contributed by atoms with Gasteiger partial charge in [-0.25, -0.2) is 0 Å². The predicted octanol–water partition coefficient (Wildman–Crippen LogP) is 2.83. The first kappa shape index (κ1) is 23.1. The number of aromatic nitrogens is 1. The zero-order chi connectivity index (χ0) is 17.2. The lowest BCUT2D eigenvalue weighted by Crippen LogP contribution is -2.45. The molecule has 0 fully saturated rings. The number of hydrogen-bond donors (Lipinski definition) is 2. The zero-order valence-corrected chi connectivity index (χ0v) is 18.3. The van der Waals surface area contributed by atoms with Crippen molar-refractivity contribution in [2.75, 3.05) is 26.7 Å². The third-order valence-electron chi connectivity index (χ3n) is 4.04. The van der Waals surface area contributed by atoms with Crippen molar-refractivity contribution >= 4 is 29.9 Å². The summed E-state index contributed by atoms with van der Waals surface area (Å²) in [6, 6.07) is 3.19. The molecule has 5 nitrogen and oxygen atoms in total. The van der Waals surface area contributed by atoms with Gasteiger partial charge in [-0.1, -0.05) is 0 Å². The number of guanidine groups is 1. The summed E-state index contributed by atoms with van der Waals surface area (Å²) in [5.74, 6) is 0.865. The zero-order valence-electron chi connectivity index (χ0n) is 16.0. The predicted molar refractivity (Wildman–Crippen MR) is 114 cm³/mol. The summed E-state index contributed by atoms with van der Waals surface area (Å²) >= 11 is 0. The second kappa shape index (κ2) is 12.5. The number of pyridine rings is 1. The van der Waals surface area contributed by atoms with Crippen LogP contribution in [0, 0.1) is 6.92 Å². The van der Waals surface area contributed by atoms with E-state index in [2.05, 4.69) is 66.2 Å². The van der Waals surface area contributed by atoms with E-state index in [0.29, 0.717) is 12.1 Å². The molecule has 24 heavy (non-hydrogen) atoms. The Morgan fingerprint density at radius 1 is 1.17 bits per heavy atom. The lowest BCUT2D eigenvalue weighted by atomic mass is 10.1. The molecule has 0 unspecified atom stereocenters. The van der Waals surface area contributed by atoms with E-state index in [1.54, 1.807) is 0 Å². The highest BCUT2D eigenvalue weighted by molar-refractivity contribution is 14.0. The van der Waals surface area contributed by atoms with Crippen molar-refractivity contribution in [1.29, 1.82) is 0 Å². The third-order valence-corrected chi connectivity index (χ3v) is 4.04. The van der Waals surface area contributed by atoms with E-state index in [4.69, 9.17) is 0 Å². The van der Waals surface area contributed by atoms with Crippen LogP contribution in [0.4, 0.5) is 0 Å². The summed E-state index contributed by atoms with van der Waals surface area (Å²) in [5.41, 5.74) is 2.57. The average molecular weight is 447 g/mol. The maximum Gasteiger partial charge on any atom is 0.191 e. The molecule has 2 N–H and O–H groups in total. The molecule has 0 radical (unpaired) electrons. The number of nitrogens with zero attached hydrogens (tertiary/aromatic N) is 3. The second-order valence-electron chi connectivity index (χ2n) is 6.40. The molecule has 1 rings (SSSR count). The largest absolute Gasteiger partial charge is 0.356 e. The van der Waals surface area contributed by atoms with Crippen LogP contribution in [0.15, 0.2) is 23.5 Å². The fraction of sp³-hybridized carbons (Fsp3) is 0.667. The van der Waals surface area contributed by atoms with Crippen LogP contribution in [-0.4, -0.2) is 54.6 Å². The molecule has 0 atom stereocenters. The van der Waals surface area contributed by atoms with Crippen molar-refractivity contribution in [3.05, 3.63) is 29.6 Å². The highest BCUT2D eigenvalue weighted by Gasteiger charge is 2.12. The molecule has 138 valence electrons. The van der Waals surface area contributed by atoms with Crippen molar-refractivity contribution < 1.29 is 0 Å². The summed E-state index contributed by atoms with van der Waals surface area (Å²) in [4.78, 5) is 10.9. The molecule has 0 amide bonds. The topological polar surface area (TPSA) is 52.6 Å². The fourth-order valence-corrected chi connectivity index (χ4v) is 2.73. The molecule has 0 aliphatic carbocycles. The van der Waals surface area contributed by atoms with E-state index >= 15 is 0 Å². The lowest BCUT2D eigenvalue weighted by Gasteiger charge is -2.30. The molecule has 0 spiro atoms. The minimum absolute atomic E-state index is 0. The van der Waals surface area contributed by atoms with Gasteiger partial charge in [-0.05, 0) is 58.2 Å². The minimum atomic E-state index is 0. The first-order valence-electron chi connectivity index (χ1n) is 8.55. The first-order valence-corrected chi connectivity index (χ1v) is 8.55. The Bertz CT molecular complexity index is 480. The van der Waals surface area contributed by atoms with Crippen LogP contribution in [0.2, 0.25) is 0 Å². The Kier molecular flexibility index (Phi) is 12.0. The summed E-state index contributed by atoms with van der Waals surface area (Å²) < 4.78 is 0. The number of hydrogen-bond acceptors (Lipinski definition) is 3. The van der Waals surface area contributed by atoms with Gasteiger partial charge in [0.2, 0.25) is 0 Å². The van der Waals surface area contributed by atoms with E-state index in [1.807, 2.05) is 19.4 Å². The van der Waals surface area contributed by atoms with Gasteiger partial charge >= 0.3 is 0 Å². The molecule has 1 aromatic rings. The molecule has 1 heterocycles. The van der Waals surface area contributed by atoms with E-state index in [9.17, 15) is 0 Å². The number of rotatable bonds is 8. The van der Waals surface area contributed by atoms with Gasteiger partial charge < -0.3 is 10.6 Å². The number of halogens is 1. The standard InChI is InChI=1S/C18H33N5.HI/c1-14(2)23(15(3)4)12-11-22-18(19-6)21-10-8-17-7-9-20-13-16(17)5;/h7,9,13-15H,8,10-12H2,1-6H3,(H2,19,21,22);1H. The molecule has 1 aromatic heterocycles. The van der Waals surface area contributed by atoms with E-state index in [0.717, 1.165) is 32.0 Å². The molecule has 0 bridgehead atoms. The smallest absolute Gasteiger partial charge is 0.191 e. The first-order chi connectivity index (χ1) is 11.0. The fourth-order valence-electron chi connectivity index (χ4n) is 2.73. The second-order valence-corrected chi connectivity index (χ2v) is 6.40. The quantitative estimate of drug-likeness (QED) is 0.366. The van der Waals surface area contributed by atoms with Crippen LogP contribution in [0.25, 0.3) is 0 Å². The molecular formula is C18H34IN5. The van der Waals surface area contributed by atoms with Crippen molar-refractivity contribution in [3.63, 3.8) is 0 Å². The van der Waals surface area contributed by atoms with Crippen LogP contribution < -0.4 is 10.6 Å². The summed E-state index contributed by atoms with van der Waals surface area (Å²) in [6.45, 7) is 13.8. The lowest BCUT2D eigenvalue weighted by molar-refractivity contribution is 0.178. The molecular weight excluding hydrogens is 413 g/mol. The van der Waals surface area contributed by atoms with Crippen LogP contribution in [-0.2, 0) is 6.42 Å². The van der Waals surface area contributed by atoms with E-state index in [-0.39, 0.29) is 24.0 Å². The molecule has 6 heteroatoms. The Hall–Kier alpha value is -0.890. The molecule has 0 aromatic carbocycles. The van der Waals surface area contributed by atoms with Crippen molar-refractivity contribution in [2.24, 2.45) is 4.99 Å². The van der Waals surface area contributed by atoms with Gasteiger partial charge in [0.15, 0.2) is 5.96 Å². The van der Waals surface area contributed by atoms with Gasteiger partial charge in [-0.2, -0.15) is 0 Å². The van der Waals surface area contributed by atoms with Crippen LogP contribution in [0.1, 0.15) is 38.8 Å². The molecule has 0 aliphatic rings. The van der Waals surface area contributed by atoms with Crippen LogP contribution in [0.3, 0.4) is 0 Å². The van der Waals surface area contributed by atoms with Crippen molar-refractivity contribution in [3.8, 4) is 0 Å². The maximum absolute atomic E-state index is 4.29. The molecule has 0 saturated heterocycles. The molecule has 0 aliphatic heterocycles. The van der Waals surface area contributed by atoms with Gasteiger partial charge in [0.1, 0.15) is 0 Å². The number of aliphatic imine (C=N–C) groups is 1. The van der Waals surface area contributed by atoms with Crippen LogP contribution >= 0.6 is 24.0 Å². The Morgan fingerprint density at radius 3 is 2.33 bits per heavy atom. The van der Waals surface area contributed by atoms with Crippen molar-refractivity contribution in [2.45, 2.75) is 53.1 Å². The van der Waals surface area contributed by atoms with Gasteiger partial charge in [0.05, 0.1) is 0 Å². The Morgan fingerprint density at radius 2 is 1.79 bits per heavy atom. The SMILES string of the molecule is CN=C(NCCc1ccncc1C)NCCN(C(C)C)C(C)C.I. The Balaban J connectivity index is 0.00000529. The van der Waals surface area contributed by atoms with E-state index in [1.165, 1.54) is 11.1 Å². The normalized spacial score (nSPS) is 11.8. The summed E-state index contributed by atoms with van der Waals surface area (Å²) in [6.07, 6.45) is 4.73. The monoisotopic (exact) mass is 447 g/mol. The third kappa shape index (κ3) is 8.28. The van der Waals surface area contributed by atoms with E-state index < -0.39 is 0 Å². The van der Waals surface area contributed by atoms with Gasteiger partial charge in [-0.3, -0.25) is 14.9 Å². The highest BCUT2D eigenvalue weighted by atomic mass is 127. The average Bonchev–Trinajstić information content (AvgIpc) is 2.50. The van der Waals surface area contributed by atoms with Gasteiger partial charge in [0.25, 0.3) is 0 Å². The number of aryl methyl sites for hydroxylation is 1. The maximum atomic E-state index is 4.29. The summed E-state index contributed by atoms with van der Waals surface area (Å²) in [7, 11) is 1.82. The van der Waals surface area contributed by atoms with Crippen LogP contribution in [0.5, 0.6) is 0 Å². The molecule has 0 saturated carbocycles. The highest BCUT2D eigenvalue weighted by Crippen LogP contribution is 2.05. The van der Waals surface area contributed by atoms with Gasteiger partial charge in [0, 0.05) is 51.2 Å².